The average molecular weight is 264 g/mol. The summed E-state index contributed by atoms with van der Waals surface area (Å²) in [6.45, 7) is 2.39. The van der Waals surface area contributed by atoms with Gasteiger partial charge in [0.05, 0.1) is 20.8 Å². The van der Waals surface area contributed by atoms with E-state index in [1.54, 1.807) is 26.4 Å². The summed E-state index contributed by atoms with van der Waals surface area (Å²) in [6, 6.07) is 3.29. The van der Waals surface area contributed by atoms with Gasteiger partial charge in [0, 0.05) is 17.3 Å². The summed E-state index contributed by atoms with van der Waals surface area (Å²) in [4.78, 5) is 14.4. The van der Waals surface area contributed by atoms with Crippen molar-refractivity contribution in [1.82, 2.24) is 4.90 Å². The molecule has 104 valence electrons. The highest BCUT2D eigenvalue weighted by molar-refractivity contribution is 6.02. The van der Waals surface area contributed by atoms with E-state index in [1.807, 2.05) is 0 Å². The van der Waals surface area contributed by atoms with Gasteiger partial charge in [0.2, 0.25) is 0 Å². The Kier molecular flexibility index (Phi) is 4.27. The van der Waals surface area contributed by atoms with Gasteiger partial charge in [-0.1, -0.05) is 0 Å². The van der Waals surface area contributed by atoms with E-state index in [1.165, 1.54) is 0 Å². The maximum Gasteiger partial charge on any atom is 0.179 e. The lowest BCUT2D eigenvalue weighted by molar-refractivity contribution is 0.0946. The number of benzene rings is 1. The van der Waals surface area contributed by atoms with Crippen LogP contribution in [0.25, 0.3) is 0 Å². The molecule has 1 aliphatic rings. The van der Waals surface area contributed by atoms with Crippen LogP contribution in [0.2, 0.25) is 0 Å². The molecule has 1 heterocycles. The van der Waals surface area contributed by atoms with Crippen molar-refractivity contribution >= 4 is 11.5 Å². The second kappa shape index (κ2) is 5.93. The fourth-order valence-corrected chi connectivity index (χ4v) is 2.37. The number of rotatable bonds is 5. The van der Waals surface area contributed by atoms with Crippen molar-refractivity contribution in [2.75, 3.05) is 39.6 Å². The van der Waals surface area contributed by atoms with E-state index >= 15 is 0 Å². The Hall–Kier alpha value is -1.75. The summed E-state index contributed by atoms with van der Waals surface area (Å²) in [5.41, 5.74) is 6.86. The fraction of sp³-hybridized carbons (Fsp3) is 0.500. The standard InChI is InChI=1S/C14H20N2O3/c1-18-13-7-10(11(15)8-14(13)19-2)12(17)9-16-5-3-4-6-16/h7-8H,3-6,9,15H2,1-2H3. The van der Waals surface area contributed by atoms with Crippen LogP contribution in [-0.4, -0.2) is 44.5 Å². The van der Waals surface area contributed by atoms with E-state index in [-0.39, 0.29) is 5.78 Å². The first-order valence-corrected chi connectivity index (χ1v) is 6.42. The van der Waals surface area contributed by atoms with Crippen LogP contribution in [0.5, 0.6) is 11.5 Å². The van der Waals surface area contributed by atoms with Gasteiger partial charge in [0.15, 0.2) is 17.3 Å². The first-order chi connectivity index (χ1) is 9.15. The fourth-order valence-electron chi connectivity index (χ4n) is 2.37. The number of ketones is 1. The van der Waals surface area contributed by atoms with Crippen molar-refractivity contribution in [2.45, 2.75) is 12.8 Å². The van der Waals surface area contributed by atoms with Crippen molar-refractivity contribution in [1.29, 1.82) is 0 Å². The maximum atomic E-state index is 12.3. The number of carbonyl (C=O) groups excluding carboxylic acids is 1. The molecule has 5 nitrogen and oxygen atoms in total. The number of nitrogen functional groups attached to an aromatic ring is 1. The Morgan fingerprint density at radius 3 is 2.37 bits per heavy atom. The third-order valence-electron chi connectivity index (χ3n) is 3.42. The number of anilines is 1. The molecular formula is C14H20N2O3. The van der Waals surface area contributed by atoms with Gasteiger partial charge in [-0.3, -0.25) is 9.69 Å². The van der Waals surface area contributed by atoms with E-state index in [9.17, 15) is 4.79 Å². The van der Waals surface area contributed by atoms with Crippen LogP contribution in [0.1, 0.15) is 23.2 Å². The monoisotopic (exact) mass is 264 g/mol. The van der Waals surface area contributed by atoms with E-state index in [0.29, 0.717) is 29.3 Å². The second-order valence-electron chi connectivity index (χ2n) is 4.70. The molecule has 0 amide bonds. The number of carbonyl (C=O) groups is 1. The van der Waals surface area contributed by atoms with Gasteiger partial charge >= 0.3 is 0 Å². The highest BCUT2D eigenvalue weighted by atomic mass is 16.5. The highest BCUT2D eigenvalue weighted by Crippen LogP contribution is 2.32. The molecule has 0 saturated carbocycles. The molecule has 0 unspecified atom stereocenters. The van der Waals surface area contributed by atoms with Crippen LogP contribution in [0, 0.1) is 0 Å². The van der Waals surface area contributed by atoms with E-state index < -0.39 is 0 Å². The number of likely N-dealkylation sites (tertiary alicyclic amines) is 1. The van der Waals surface area contributed by atoms with Crippen LogP contribution >= 0.6 is 0 Å². The van der Waals surface area contributed by atoms with Gasteiger partial charge in [-0.15, -0.1) is 0 Å². The lowest BCUT2D eigenvalue weighted by Crippen LogP contribution is -2.27. The minimum absolute atomic E-state index is 0.0281. The molecule has 1 saturated heterocycles. The molecule has 5 heteroatoms. The zero-order chi connectivity index (χ0) is 13.8. The molecule has 1 aliphatic heterocycles. The molecule has 0 radical (unpaired) electrons. The first-order valence-electron chi connectivity index (χ1n) is 6.42. The van der Waals surface area contributed by atoms with Gasteiger partial charge < -0.3 is 15.2 Å². The normalized spacial score (nSPS) is 15.5. The molecule has 0 bridgehead atoms. The zero-order valence-corrected chi connectivity index (χ0v) is 11.4. The lowest BCUT2D eigenvalue weighted by atomic mass is 10.1. The topological polar surface area (TPSA) is 64.8 Å². The summed E-state index contributed by atoms with van der Waals surface area (Å²) in [5.74, 6) is 1.10. The molecule has 2 rings (SSSR count). The predicted molar refractivity (Wildman–Crippen MR) is 74.0 cm³/mol. The van der Waals surface area contributed by atoms with Crippen molar-refractivity contribution in [2.24, 2.45) is 0 Å². The van der Waals surface area contributed by atoms with Crippen LogP contribution in [0.15, 0.2) is 12.1 Å². The first kappa shape index (κ1) is 13.7. The number of ether oxygens (including phenoxy) is 2. The van der Waals surface area contributed by atoms with Gasteiger partial charge in [-0.25, -0.2) is 0 Å². The summed E-state index contributed by atoms with van der Waals surface area (Å²) < 4.78 is 10.4. The highest BCUT2D eigenvalue weighted by Gasteiger charge is 2.19. The molecule has 0 spiro atoms. The van der Waals surface area contributed by atoms with Crippen molar-refractivity contribution in [3.05, 3.63) is 17.7 Å². The maximum absolute atomic E-state index is 12.3. The Bertz CT molecular complexity index is 468. The molecule has 19 heavy (non-hydrogen) atoms. The molecular weight excluding hydrogens is 244 g/mol. The Balaban J connectivity index is 2.20. The molecule has 1 aromatic carbocycles. The average Bonchev–Trinajstić information content (AvgIpc) is 2.90. The Labute approximate surface area is 113 Å². The SMILES string of the molecule is COc1cc(N)c(C(=O)CN2CCCC2)cc1OC. The van der Waals surface area contributed by atoms with Crippen molar-refractivity contribution in [3.63, 3.8) is 0 Å². The third kappa shape index (κ3) is 2.98. The number of hydrogen-bond donors (Lipinski definition) is 1. The molecule has 0 atom stereocenters. The molecule has 0 aromatic heterocycles. The van der Waals surface area contributed by atoms with Crippen molar-refractivity contribution in [3.8, 4) is 11.5 Å². The predicted octanol–water partition coefficient (Wildman–Crippen LogP) is 1.56. The van der Waals surface area contributed by atoms with Crippen molar-refractivity contribution < 1.29 is 14.3 Å². The van der Waals surface area contributed by atoms with Gasteiger partial charge in [-0.2, -0.15) is 0 Å². The molecule has 1 fully saturated rings. The number of methoxy groups -OCH3 is 2. The molecule has 2 N–H and O–H groups in total. The third-order valence-corrected chi connectivity index (χ3v) is 3.42. The van der Waals surface area contributed by atoms with Gasteiger partial charge in [0.1, 0.15) is 0 Å². The Morgan fingerprint density at radius 1 is 1.21 bits per heavy atom. The summed E-state index contributed by atoms with van der Waals surface area (Å²) in [6.07, 6.45) is 2.32. The van der Waals surface area contributed by atoms with Crippen LogP contribution in [0.3, 0.4) is 0 Å². The number of nitrogens with two attached hydrogens (primary N) is 1. The minimum atomic E-state index is 0.0281. The molecule has 1 aromatic rings. The second-order valence-corrected chi connectivity index (χ2v) is 4.70. The van der Waals surface area contributed by atoms with Gasteiger partial charge in [0.25, 0.3) is 0 Å². The van der Waals surface area contributed by atoms with Crippen LogP contribution < -0.4 is 15.2 Å². The van der Waals surface area contributed by atoms with E-state index in [0.717, 1.165) is 25.9 Å². The largest absolute Gasteiger partial charge is 0.493 e. The zero-order valence-electron chi connectivity index (χ0n) is 11.4. The smallest absolute Gasteiger partial charge is 0.179 e. The number of nitrogens with zero attached hydrogens (tertiary/aromatic N) is 1. The number of hydrogen-bond acceptors (Lipinski definition) is 5. The van der Waals surface area contributed by atoms with E-state index in [4.69, 9.17) is 15.2 Å². The molecule has 0 aliphatic carbocycles. The number of Topliss-reactive ketones (excluding diaryl/α,β-unsaturated/α-hetero) is 1. The van der Waals surface area contributed by atoms with E-state index in [2.05, 4.69) is 4.90 Å². The van der Waals surface area contributed by atoms with Gasteiger partial charge in [-0.05, 0) is 32.0 Å². The summed E-state index contributed by atoms with van der Waals surface area (Å²) in [5, 5.41) is 0. The summed E-state index contributed by atoms with van der Waals surface area (Å²) in [7, 11) is 3.09. The van der Waals surface area contributed by atoms with Crippen LogP contribution in [0.4, 0.5) is 5.69 Å². The lowest BCUT2D eigenvalue weighted by Gasteiger charge is -2.16. The quantitative estimate of drug-likeness (QED) is 0.646. The minimum Gasteiger partial charge on any atom is -0.493 e. The Morgan fingerprint density at radius 2 is 1.79 bits per heavy atom. The summed E-state index contributed by atoms with van der Waals surface area (Å²) >= 11 is 0. The van der Waals surface area contributed by atoms with Crippen LogP contribution in [-0.2, 0) is 0 Å².